The van der Waals surface area contributed by atoms with E-state index >= 15 is 0 Å². The monoisotopic (exact) mass is 276 g/mol. The highest BCUT2D eigenvalue weighted by atomic mass is 16.4. The Morgan fingerprint density at radius 1 is 1.25 bits per heavy atom. The number of benzene rings is 1. The zero-order valence-corrected chi connectivity index (χ0v) is 12.4. The van der Waals surface area contributed by atoms with E-state index in [1.54, 1.807) is 0 Å². The first kappa shape index (κ1) is 15.0. The van der Waals surface area contributed by atoms with Gasteiger partial charge in [-0.05, 0) is 43.7 Å². The number of aliphatic carboxylic acids is 1. The third-order valence-corrected chi connectivity index (χ3v) is 4.56. The van der Waals surface area contributed by atoms with Crippen LogP contribution in [0.2, 0.25) is 0 Å². The van der Waals surface area contributed by atoms with Crippen LogP contribution in [0.5, 0.6) is 0 Å². The minimum Gasteiger partial charge on any atom is -0.481 e. The highest BCUT2D eigenvalue weighted by Gasteiger charge is 2.41. The average molecular weight is 276 g/mol. The Labute approximate surface area is 120 Å². The second-order valence-corrected chi connectivity index (χ2v) is 6.15. The third-order valence-electron chi connectivity index (χ3n) is 4.56. The van der Waals surface area contributed by atoms with E-state index in [0.29, 0.717) is 0 Å². The highest BCUT2D eigenvalue weighted by Crippen LogP contribution is 2.43. The van der Waals surface area contributed by atoms with Crippen molar-refractivity contribution in [2.75, 3.05) is 0 Å². The smallest absolute Gasteiger partial charge is 0.306 e. The van der Waals surface area contributed by atoms with Gasteiger partial charge in [-0.3, -0.25) is 4.79 Å². The molecule has 2 N–H and O–H groups in total. The van der Waals surface area contributed by atoms with E-state index in [0.717, 1.165) is 42.4 Å². The summed E-state index contributed by atoms with van der Waals surface area (Å²) in [6.45, 7) is 3.93. The van der Waals surface area contributed by atoms with E-state index < -0.39 is 11.6 Å². The van der Waals surface area contributed by atoms with E-state index in [-0.39, 0.29) is 12.3 Å². The quantitative estimate of drug-likeness (QED) is 0.884. The van der Waals surface area contributed by atoms with Crippen LogP contribution in [0.4, 0.5) is 0 Å². The average Bonchev–Trinajstić information content (AvgIpc) is 2.41. The van der Waals surface area contributed by atoms with Gasteiger partial charge in [0.2, 0.25) is 0 Å². The van der Waals surface area contributed by atoms with Crippen LogP contribution in [0.1, 0.15) is 55.2 Å². The summed E-state index contributed by atoms with van der Waals surface area (Å²) in [7, 11) is 0. The van der Waals surface area contributed by atoms with Gasteiger partial charge in [-0.1, -0.05) is 43.0 Å². The molecule has 0 bridgehead atoms. The van der Waals surface area contributed by atoms with Crippen molar-refractivity contribution in [2.24, 2.45) is 5.92 Å². The maximum atomic E-state index is 11.3. The molecule has 1 aliphatic rings. The fourth-order valence-corrected chi connectivity index (χ4v) is 3.47. The molecule has 1 aromatic carbocycles. The van der Waals surface area contributed by atoms with Gasteiger partial charge in [0.05, 0.1) is 6.42 Å². The lowest BCUT2D eigenvalue weighted by atomic mass is 9.70. The third kappa shape index (κ3) is 3.04. The van der Waals surface area contributed by atoms with Crippen molar-refractivity contribution in [3.63, 3.8) is 0 Å². The van der Waals surface area contributed by atoms with E-state index in [9.17, 15) is 15.0 Å². The van der Waals surface area contributed by atoms with Gasteiger partial charge in [0.15, 0.2) is 0 Å². The number of carbonyl (C=O) groups is 1. The maximum Gasteiger partial charge on any atom is 0.306 e. The minimum atomic E-state index is -1.23. The molecule has 0 saturated heterocycles. The summed E-state index contributed by atoms with van der Waals surface area (Å²) in [6, 6.07) is 5.92. The second-order valence-electron chi connectivity index (χ2n) is 6.15. The van der Waals surface area contributed by atoms with Crippen LogP contribution in [0.3, 0.4) is 0 Å². The van der Waals surface area contributed by atoms with E-state index in [1.807, 2.05) is 32.0 Å². The number of carboxylic acids is 1. The number of aryl methyl sites for hydroxylation is 2. The molecule has 1 aliphatic carbocycles. The van der Waals surface area contributed by atoms with Crippen LogP contribution in [0.25, 0.3) is 0 Å². The molecule has 3 nitrogen and oxygen atoms in total. The fourth-order valence-electron chi connectivity index (χ4n) is 3.47. The molecule has 110 valence electrons. The van der Waals surface area contributed by atoms with E-state index in [2.05, 4.69) is 0 Å². The van der Waals surface area contributed by atoms with Crippen LogP contribution in [-0.2, 0) is 10.4 Å². The first-order chi connectivity index (χ1) is 9.43. The Balaban J connectivity index is 2.44. The summed E-state index contributed by atoms with van der Waals surface area (Å²) in [5, 5.41) is 20.4. The summed E-state index contributed by atoms with van der Waals surface area (Å²) in [5.74, 6) is -0.883. The Bertz CT molecular complexity index is 489. The van der Waals surface area contributed by atoms with Crippen LogP contribution in [-0.4, -0.2) is 16.2 Å². The molecule has 0 amide bonds. The molecule has 1 saturated carbocycles. The summed E-state index contributed by atoms with van der Waals surface area (Å²) in [6.07, 6.45) is 4.97. The summed E-state index contributed by atoms with van der Waals surface area (Å²) in [5.41, 5.74) is 1.60. The lowest BCUT2D eigenvalue weighted by Crippen LogP contribution is -2.39. The van der Waals surface area contributed by atoms with Gasteiger partial charge in [0, 0.05) is 0 Å². The van der Waals surface area contributed by atoms with E-state index in [1.165, 1.54) is 6.42 Å². The lowest BCUT2D eigenvalue weighted by molar-refractivity contribution is -0.147. The van der Waals surface area contributed by atoms with Crippen molar-refractivity contribution >= 4 is 5.97 Å². The number of hydrogen-bond donors (Lipinski definition) is 2. The molecule has 1 atom stereocenters. The molecule has 1 aromatic rings. The van der Waals surface area contributed by atoms with Gasteiger partial charge in [-0.15, -0.1) is 0 Å². The van der Waals surface area contributed by atoms with Gasteiger partial charge in [0.25, 0.3) is 0 Å². The lowest BCUT2D eigenvalue weighted by Gasteiger charge is -2.39. The molecule has 2 rings (SSSR count). The molecule has 0 aliphatic heterocycles. The van der Waals surface area contributed by atoms with Crippen LogP contribution in [0.15, 0.2) is 18.2 Å². The maximum absolute atomic E-state index is 11.3. The molecule has 1 unspecified atom stereocenters. The molecular formula is C17H24O3. The van der Waals surface area contributed by atoms with E-state index in [4.69, 9.17) is 0 Å². The standard InChI is InChI=1S/C17H24O3/c1-12-8-9-13(2)15(10-12)17(20,11-16(18)19)14-6-4-3-5-7-14/h8-10,14,20H,3-7,11H2,1-2H3,(H,18,19). The number of aliphatic hydroxyl groups is 1. The zero-order valence-electron chi connectivity index (χ0n) is 12.4. The first-order valence-corrected chi connectivity index (χ1v) is 7.45. The summed E-state index contributed by atoms with van der Waals surface area (Å²) >= 11 is 0. The van der Waals surface area contributed by atoms with Crippen molar-refractivity contribution in [3.8, 4) is 0 Å². The Morgan fingerprint density at radius 3 is 2.50 bits per heavy atom. The van der Waals surface area contributed by atoms with Gasteiger partial charge >= 0.3 is 5.97 Å². The molecule has 0 heterocycles. The molecule has 0 spiro atoms. The fraction of sp³-hybridized carbons (Fsp3) is 0.588. The zero-order chi connectivity index (χ0) is 14.8. The molecule has 1 fully saturated rings. The molecular weight excluding hydrogens is 252 g/mol. The number of rotatable bonds is 4. The molecule has 0 aromatic heterocycles. The van der Waals surface area contributed by atoms with Crippen molar-refractivity contribution in [1.82, 2.24) is 0 Å². The number of carboxylic acid groups (broad SMARTS) is 1. The van der Waals surface area contributed by atoms with Crippen LogP contribution in [0, 0.1) is 19.8 Å². The van der Waals surface area contributed by atoms with Gasteiger partial charge in [-0.25, -0.2) is 0 Å². The first-order valence-electron chi connectivity index (χ1n) is 7.45. The van der Waals surface area contributed by atoms with Crippen molar-refractivity contribution in [1.29, 1.82) is 0 Å². The van der Waals surface area contributed by atoms with Crippen molar-refractivity contribution < 1.29 is 15.0 Å². The predicted molar refractivity (Wildman–Crippen MR) is 78.6 cm³/mol. The topological polar surface area (TPSA) is 57.5 Å². The second kappa shape index (κ2) is 5.96. The van der Waals surface area contributed by atoms with Gasteiger partial charge in [0.1, 0.15) is 5.60 Å². The van der Waals surface area contributed by atoms with Crippen LogP contribution < -0.4 is 0 Å². The SMILES string of the molecule is Cc1ccc(C)c(C(O)(CC(=O)O)C2CCCCC2)c1. The Kier molecular flexibility index (Phi) is 4.48. The summed E-state index contributed by atoms with van der Waals surface area (Å²) < 4.78 is 0. The van der Waals surface area contributed by atoms with Crippen molar-refractivity contribution in [3.05, 3.63) is 34.9 Å². The highest BCUT2D eigenvalue weighted by molar-refractivity contribution is 5.69. The Morgan fingerprint density at radius 2 is 1.90 bits per heavy atom. The Hall–Kier alpha value is -1.35. The van der Waals surface area contributed by atoms with Crippen LogP contribution >= 0.6 is 0 Å². The van der Waals surface area contributed by atoms with Crippen molar-refractivity contribution in [2.45, 2.75) is 58.0 Å². The molecule has 3 heteroatoms. The molecule has 20 heavy (non-hydrogen) atoms. The predicted octanol–water partition coefficient (Wildman–Crippen LogP) is 3.55. The minimum absolute atomic E-state index is 0.0489. The largest absolute Gasteiger partial charge is 0.481 e. The van der Waals surface area contributed by atoms with Gasteiger partial charge < -0.3 is 10.2 Å². The number of hydrogen-bond acceptors (Lipinski definition) is 2. The normalized spacial score (nSPS) is 19.6. The van der Waals surface area contributed by atoms with Gasteiger partial charge in [-0.2, -0.15) is 0 Å². The molecule has 0 radical (unpaired) electrons. The summed E-state index contributed by atoms with van der Waals surface area (Å²) in [4.78, 5) is 11.3.